The number of sulfonamides is 1. The lowest BCUT2D eigenvalue weighted by Gasteiger charge is -2.22. The Morgan fingerprint density at radius 2 is 1.86 bits per heavy atom. The van der Waals surface area contributed by atoms with E-state index in [4.69, 9.17) is 5.73 Å². The highest BCUT2D eigenvalue weighted by Crippen LogP contribution is 2.02. The molecule has 6 nitrogen and oxygen atoms in total. The van der Waals surface area contributed by atoms with E-state index in [1.54, 1.807) is 0 Å². The van der Waals surface area contributed by atoms with Crippen LogP contribution in [0.3, 0.4) is 0 Å². The maximum atomic E-state index is 12.0. The number of hydrogen-bond donors (Lipinski definition) is 2. The van der Waals surface area contributed by atoms with Crippen LogP contribution in [0, 0.1) is 0 Å². The van der Waals surface area contributed by atoms with E-state index in [1.165, 1.54) is 11.9 Å². The molecule has 0 aromatic heterocycles. The summed E-state index contributed by atoms with van der Waals surface area (Å²) in [7, 11) is -2.26. The maximum absolute atomic E-state index is 12.0. The Hall–Kier alpha value is -1.15. The van der Waals surface area contributed by atoms with Gasteiger partial charge in [-0.2, -0.15) is 0 Å². The Labute approximate surface area is 132 Å². The first-order valence-corrected chi connectivity index (χ1v) is 8.06. The van der Waals surface area contributed by atoms with Crippen molar-refractivity contribution < 1.29 is 13.2 Å². The molecule has 1 rings (SSSR count). The number of carbonyl (C=O) groups is 1. The van der Waals surface area contributed by atoms with Crippen molar-refractivity contribution >= 4 is 28.3 Å². The predicted molar refractivity (Wildman–Crippen MR) is 85.9 cm³/mol. The van der Waals surface area contributed by atoms with Gasteiger partial charge in [0.05, 0.1) is 0 Å². The molecule has 0 bridgehead atoms. The lowest BCUT2D eigenvalue weighted by atomic mass is 10.1. The van der Waals surface area contributed by atoms with Crippen molar-refractivity contribution in [1.82, 2.24) is 9.62 Å². The highest BCUT2D eigenvalue weighted by Gasteiger charge is 2.19. The van der Waals surface area contributed by atoms with Gasteiger partial charge in [0.15, 0.2) is 0 Å². The Balaban J connectivity index is 0.00000400. The first-order chi connectivity index (χ1) is 9.48. The third-order valence-electron chi connectivity index (χ3n) is 2.89. The van der Waals surface area contributed by atoms with Gasteiger partial charge in [0, 0.05) is 19.6 Å². The Bertz CT molecular complexity index is 523. The number of hydrogen-bond acceptors (Lipinski definition) is 4. The molecule has 0 unspecified atom stereocenters. The highest BCUT2D eigenvalue weighted by atomic mass is 35.5. The van der Waals surface area contributed by atoms with Crippen molar-refractivity contribution in [2.24, 2.45) is 5.73 Å². The second-order valence-electron chi connectivity index (χ2n) is 4.37. The molecule has 0 saturated carbocycles. The monoisotopic (exact) mass is 335 g/mol. The number of nitrogens with one attached hydrogen (secondary N) is 1. The third-order valence-corrected chi connectivity index (χ3v) is 4.14. The van der Waals surface area contributed by atoms with Gasteiger partial charge in [-0.25, -0.2) is 13.1 Å². The van der Waals surface area contributed by atoms with E-state index in [0.717, 1.165) is 5.56 Å². The summed E-state index contributed by atoms with van der Waals surface area (Å²) in [5.41, 5.74) is 6.57. The van der Waals surface area contributed by atoms with E-state index in [0.29, 0.717) is 26.1 Å². The molecular weight excluding hydrogens is 314 g/mol. The van der Waals surface area contributed by atoms with E-state index in [2.05, 4.69) is 4.72 Å². The summed E-state index contributed by atoms with van der Waals surface area (Å²) < 4.78 is 24.9. The molecular formula is C13H22ClN3O3S. The first kappa shape index (κ1) is 19.9. The summed E-state index contributed by atoms with van der Waals surface area (Å²) in [5, 5.41) is 0. The molecule has 1 amide bonds. The predicted octanol–water partition coefficient (Wildman–Crippen LogP) is -0.0126. The lowest BCUT2D eigenvalue weighted by Crippen LogP contribution is -2.42. The Morgan fingerprint density at radius 1 is 1.24 bits per heavy atom. The van der Waals surface area contributed by atoms with Crippen LogP contribution in [0.4, 0.5) is 0 Å². The van der Waals surface area contributed by atoms with Gasteiger partial charge in [0.1, 0.15) is 5.75 Å². The number of nitrogens with zero attached hydrogens (tertiary/aromatic N) is 1. The van der Waals surface area contributed by atoms with Crippen molar-refractivity contribution in [2.75, 3.05) is 32.4 Å². The summed E-state index contributed by atoms with van der Waals surface area (Å²) in [6.07, 6.45) is 0.673. The average Bonchev–Trinajstić information content (AvgIpc) is 2.44. The molecule has 0 aliphatic heterocycles. The third kappa shape index (κ3) is 7.42. The zero-order valence-corrected chi connectivity index (χ0v) is 13.6. The molecule has 120 valence electrons. The highest BCUT2D eigenvalue weighted by molar-refractivity contribution is 7.90. The normalized spacial score (nSPS) is 10.8. The van der Waals surface area contributed by atoms with Crippen molar-refractivity contribution in [3.63, 3.8) is 0 Å². The molecule has 1 aromatic rings. The molecule has 1 aromatic carbocycles. The molecule has 0 aliphatic rings. The van der Waals surface area contributed by atoms with Crippen LogP contribution < -0.4 is 10.5 Å². The zero-order valence-electron chi connectivity index (χ0n) is 12.0. The largest absolute Gasteiger partial charge is 0.340 e. The quantitative estimate of drug-likeness (QED) is 0.698. The topological polar surface area (TPSA) is 92.5 Å². The summed E-state index contributed by atoms with van der Waals surface area (Å²) in [6.45, 7) is 1.12. The Kier molecular flexibility index (Phi) is 9.19. The fraction of sp³-hybridized carbons (Fsp3) is 0.462. The SMILES string of the molecule is CNS(=O)(=O)CC(=O)N(CCN)CCc1ccccc1.Cl. The van der Waals surface area contributed by atoms with Gasteiger partial charge in [-0.15, -0.1) is 12.4 Å². The molecule has 3 N–H and O–H groups in total. The molecule has 0 aliphatic carbocycles. The van der Waals surface area contributed by atoms with Crippen molar-refractivity contribution in [2.45, 2.75) is 6.42 Å². The standard InChI is InChI=1S/C13H21N3O3S.ClH/c1-15-20(18,19)11-13(17)16(10-8-14)9-7-12-5-3-2-4-6-12;/h2-6,15H,7-11,14H2,1H3;1H. The fourth-order valence-corrected chi connectivity index (χ4v) is 2.40. The molecule has 0 fully saturated rings. The summed E-state index contributed by atoms with van der Waals surface area (Å²) in [6, 6.07) is 9.71. The molecule has 0 heterocycles. The van der Waals surface area contributed by atoms with Crippen LogP contribution in [0.2, 0.25) is 0 Å². The van der Waals surface area contributed by atoms with Crippen LogP contribution in [0.25, 0.3) is 0 Å². The van der Waals surface area contributed by atoms with E-state index >= 15 is 0 Å². The second-order valence-corrected chi connectivity index (χ2v) is 6.29. The number of amides is 1. The van der Waals surface area contributed by atoms with Crippen molar-refractivity contribution in [3.05, 3.63) is 35.9 Å². The van der Waals surface area contributed by atoms with Gasteiger partial charge < -0.3 is 10.6 Å². The summed E-state index contributed by atoms with van der Waals surface area (Å²) in [5.74, 6) is -0.973. The second kappa shape index (κ2) is 9.73. The Morgan fingerprint density at radius 3 is 2.38 bits per heavy atom. The van der Waals surface area contributed by atoms with Crippen LogP contribution >= 0.6 is 12.4 Å². The first-order valence-electron chi connectivity index (χ1n) is 6.41. The molecule has 21 heavy (non-hydrogen) atoms. The van der Waals surface area contributed by atoms with Gasteiger partial charge in [-0.05, 0) is 19.0 Å². The average molecular weight is 336 g/mol. The van der Waals surface area contributed by atoms with E-state index in [9.17, 15) is 13.2 Å². The number of halogens is 1. The van der Waals surface area contributed by atoms with Gasteiger partial charge in [-0.1, -0.05) is 30.3 Å². The number of nitrogens with two attached hydrogens (primary N) is 1. The summed E-state index contributed by atoms with van der Waals surface area (Å²) >= 11 is 0. The molecule has 0 radical (unpaired) electrons. The van der Waals surface area contributed by atoms with Crippen LogP contribution in [-0.2, 0) is 21.2 Å². The van der Waals surface area contributed by atoms with Gasteiger partial charge in [0.25, 0.3) is 0 Å². The fourth-order valence-electron chi connectivity index (χ4n) is 1.75. The van der Waals surface area contributed by atoms with Crippen LogP contribution in [-0.4, -0.2) is 51.7 Å². The maximum Gasteiger partial charge on any atom is 0.239 e. The van der Waals surface area contributed by atoms with Gasteiger partial charge in [-0.3, -0.25) is 4.79 Å². The number of rotatable bonds is 8. The lowest BCUT2D eigenvalue weighted by molar-refractivity contribution is -0.128. The summed E-state index contributed by atoms with van der Waals surface area (Å²) in [4.78, 5) is 13.5. The minimum absolute atomic E-state index is 0. The molecule has 0 spiro atoms. The minimum Gasteiger partial charge on any atom is -0.340 e. The smallest absolute Gasteiger partial charge is 0.239 e. The zero-order chi connectivity index (χ0) is 15.0. The van der Waals surface area contributed by atoms with E-state index in [-0.39, 0.29) is 12.4 Å². The number of carbonyl (C=O) groups excluding carboxylic acids is 1. The molecule has 8 heteroatoms. The van der Waals surface area contributed by atoms with E-state index in [1.807, 2.05) is 30.3 Å². The molecule has 0 saturated heterocycles. The van der Waals surface area contributed by atoms with Gasteiger partial charge in [0.2, 0.25) is 15.9 Å². The molecule has 0 atom stereocenters. The van der Waals surface area contributed by atoms with Crippen LogP contribution in [0.1, 0.15) is 5.56 Å². The number of benzene rings is 1. The van der Waals surface area contributed by atoms with Crippen molar-refractivity contribution in [1.29, 1.82) is 0 Å². The van der Waals surface area contributed by atoms with Crippen LogP contribution in [0.5, 0.6) is 0 Å². The van der Waals surface area contributed by atoms with Gasteiger partial charge >= 0.3 is 0 Å². The minimum atomic E-state index is -3.55. The van der Waals surface area contributed by atoms with Crippen molar-refractivity contribution in [3.8, 4) is 0 Å². The van der Waals surface area contributed by atoms with E-state index < -0.39 is 21.7 Å². The van der Waals surface area contributed by atoms with Crippen LogP contribution in [0.15, 0.2) is 30.3 Å².